The Hall–Kier alpha value is -0.980. The zero-order valence-corrected chi connectivity index (χ0v) is 10.3. The van der Waals surface area contributed by atoms with E-state index in [9.17, 15) is 0 Å². The first-order chi connectivity index (χ1) is 7.75. The maximum Gasteiger partial charge on any atom is 0.0595 e. The third-order valence-electron chi connectivity index (χ3n) is 2.53. The minimum absolute atomic E-state index is 0.616. The fourth-order valence-corrected chi connectivity index (χ4v) is 1.95. The quantitative estimate of drug-likeness (QED) is 0.736. The molecule has 0 aliphatic carbocycles. The smallest absolute Gasteiger partial charge is 0.0595 e. The fraction of sp³-hybridized carbons (Fsp3) is 0.143. The maximum atomic E-state index is 5.96. The predicted octanol–water partition coefficient (Wildman–Crippen LogP) is 4.78. The van der Waals surface area contributed by atoms with Gasteiger partial charge >= 0.3 is 0 Å². The van der Waals surface area contributed by atoms with Crippen molar-refractivity contribution in [3.05, 3.63) is 69.7 Å². The first-order valence-corrected chi connectivity index (χ1v) is 5.99. The van der Waals surface area contributed by atoms with Gasteiger partial charge in [0, 0.05) is 0 Å². The summed E-state index contributed by atoms with van der Waals surface area (Å²) < 4.78 is 0. The summed E-state index contributed by atoms with van der Waals surface area (Å²) in [5, 5.41) is 1.25. The molecule has 0 atom stereocenters. The molecule has 2 heteroatoms. The second-order valence-corrected chi connectivity index (χ2v) is 4.55. The molecule has 0 spiro atoms. The Labute approximate surface area is 106 Å². The molecule has 0 unspecified atom stereocenters. The molecule has 0 fully saturated rings. The van der Waals surface area contributed by atoms with Crippen LogP contribution in [0.2, 0.25) is 10.0 Å². The highest BCUT2D eigenvalue weighted by atomic mass is 35.5. The number of hydrogen-bond donors (Lipinski definition) is 0. The minimum atomic E-state index is 0.616. The third-order valence-corrected chi connectivity index (χ3v) is 3.27. The molecule has 0 aromatic heterocycles. The zero-order chi connectivity index (χ0) is 11.4. The lowest BCUT2D eigenvalue weighted by molar-refractivity contribution is 0.960. The topological polar surface area (TPSA) is 0 Å². The average Bonchev–Trinajstić information content (AvgIpc) is 2.32. The van der Waals surface area contributed by atoms with Crippen LogP contribution in [0.4, 0.5) is 0 Å². The summed E-state index contributed by atoms with van der Waals surface area (Å²) in [6.07, 6.45) is 2.01. The van der Waals surface area contributed by atoms with Crippen molar-refractivity contribution in [2.45, 2.75) is 12.8 Å². The SMILES string of the molecule is Clc1ccc(CCc2ccccc2)cc1Cl. The Morgan fingerprint density at radius 2 is 1.38 bits per heavy atom. The van der Waals surface area contributed by atoms with Gasteiger partial charge in [0.2, 0.25) is 0 Å². The van der Waals surface area contributed by atoms with Gasteiger partial charge in [-0.3, -0.25) is 0 Å². The van der Waals surface area contributed by atoms with Gasteiger partial charge in [-0.1, -0.05) is 59.6 Å². The molecule has 82 valence electrons. The van der Waals surface area contributed by atoms with Gasteiger partial charge in [0.25, 0.3) is 0 Å². The molecule has 2 aromatic rings. The van der Waals surface area contributed by atoms with E-state index in [0.717, 1.165) is 12.8 Å². The van der Waals surface area contributed by atoms with E-state index in [1.54, 1.807) is 0 Å². The van der Waals surface area contributed by atoms with E-state index in [1.807, 2.05) is 24.3 Å². The van der Waals surface area contributed by atoms with E-state index in [-0.39, 0.29) is 0 Å². The van der Waals surface area contributed by atoms with Gasteiger partial charge in [-0.25, -0.2) is 0 Å². The molecule has 2 rings (SSSR count). The van der Waals surface area contributed by atoms with Gasteiger partial charge < -0.3 is 0 Å². The molecule has 0 saturated heterocycles. The molecular formula is C14H12Cl2. The summed E-state index contributed by atoms with van der Waals surface area (Å²) in [5.74, 6) is 0. The van der Waals surface area contributed by atoms with Crippen LogP contribution in [0.5, 0.6) is 0 Å². The Morgan fingerprint density at radius 3 is 2.06 bits per heavy atom. The first kappa shape index (κ1) is 11.5. The van der Waals surface area contributed by atoms with Crippen LogP contribution in [0.25, 0.3) is 0 Å². The predicted molar refractivity (Wildman–Crippen MR) is 70.3 cm³/mol. The van der Waals surface area contributed by atoms with Gasteiger partial charge in [-0.05, 0) is 36.1 Å². The monoisotopic (exact) mass is 250 g/mol. The summed E-state index contributed by atoms with van der Waals surface area (Å²) in [6, 6.07) is 16.2. The van der Waals surface area contributed by atoms with Crippen molar-refractivity contribution >= 4 is 23.2 Å². The van der Waals surface area contributed by atoms with E-state index >= 15 is 0 Å². The zero-order valence-electron chi connectivity index (χ0n) is 8.79. The van der Waals surface area contributed by atoms with Crippen LogP contribution in [-0.4, -0.2) is 0 Å². The highest BCUT2D eigenvalue weighted by Gasteiger charge is 2.00. The van der Waals surface area contributed by atoms with Crippen molar-refractivity contribution in [1.82, 2.24) is 0 Å². The van der Waals surface area contributed by atoms with Crippen molar-refractivity contribution in [1.29, 1.82) is 0 Å². The number of halogens is 2. The van der Waals surface area contributed by atoms with Gasteiger partial charge in [0.05, 0.1) is 10.0 Å². The van der Waals surface area contributed by atoms with Crippen molar-refractivity contribution in [3.8, 4) is 0 Å². The van der Waals surface area contributed by atoms with Gasteiger partial charge in [0.1, 0.15) is 0 Å². The second kappa shape index (κ2) is 5.38. The summed E-state index contributed by atoms with van der Waals surface area (Å²) in [7, 11) is 0. The van der Waals surface area contributed by atoms with E-state index in [4.69, 9.17) is 23.2 Å². The lowest BCUT2D eigenvalue weighted by Crippen LogP contribution is -1.90. The molecular weight excluding hydrogens is 239 g/mol. The van der Waals surface area contributed by atoms with Crippen molar-refractivity contribution in [2.75, 3.05) is 0 Å². The van der Waals surface area contributed by atoms with Crippen LogP contribution in [-0.2, 0) is 12.8 Å². The van der Waals surface area contributed by atoms with Crippen LogP contribution in [0.1, 0.15) is 11.1 Å². The highest BCUT2D eigenvalue weighted by molar-refractivity contribution is 6.42. The number of hydrogen-bond acceptors (Lipinski definition) is 0. The summed E-state index contributed by atoms with van der Waals surface area (Å²) in [6.45, 7) is 0. The normalized spacial score (nSPS) is 10.4. The molecule has 0 heterocycles. The summed E-state index contributed by atoms with van der Waals surface area (Å²) in [4.78, 5) is 0. The largest absolute Gasteiger partial charge is 0.0827 e. The van der Waals surface area contributed by atoms with E-state index in [0.29, 0.717) is 10.0 Å². The summed E-state index contributed by atoms with van der Waals surface area (Å²) in [5.41, 5.74) is 2.56. The van der Waals surface area contributed by atoms with Crippen LogP contribution in [0.15, 0.2) is 48.5 Å². The first-order valence-electron chi connectivity index (χ1n) is 5.23. The highest BCUT2D eigenvalue weighted by Crippen LogP contribution is 2.23. The Bertz CT molecular complexity index is 463. The maximum absolute atomic E-state index is 5.96. The van der Waals surface area contributed by atoms with E-state index < -0.39 is 0 Å². The lowest BCUT2D eigenvalue weighted by atomic mass is 10.0. The molecule has 0 N–H and O–H groups in total. The third kappa shape index (κ3) is 3.01. The Kier molecular flexibility index (Phi) is 3.87. The summed E-state index contributed by atoms with van der Waals surface area (Å²) >= 11 is 11.8. The number of aryl methyl sites for hydroxylation is 2. The molecule has 0 amide bonds. The van der Waals surface area contributed by atoms with Crippen LogP contribution >= 0.6 is 23.2 Å². The Morgan fingerprint density at radius 1 is 0.688 bits per heavy atom. The fourth-order valence-electron chi connectivity index (χ4n) is 1.63. The van der Waals surface area contributed by atoms with Gasteiger partial charge in [0.15, 0.2) is 0 Å². The van der Waals surface area contributed by atoms with Crippen molar-refractivity contribution in [3.63, 3.8) is 0 Å². The number of benzene rings is 2. The lowest BCUT2D eigenvalue weighted by Gasteiger charge is -2.03. The van der Waals surface area contributed by atoms with Gasteiger partial charge in [-0.2, -0.15) is 0 Å². The van der Waals surface area contributed by atoms with Crippen molar-refractivity contribution < 1.29 is 0 Å². The standard InChI is InChI=1S/C14H12Cl2/c15-13-9-8-12(10-14(13)16)7-6-11-4-2-1-3-5-11/h1-5,8-10H,6-7H2. The molecule has 0 saturated carbocycles. The second-order valence-electron chi connectivity index (χ2n) is 3.73. The molecule has 0 aliphatic heterocycles. The van der Waals surface area contributed by atoms with E-state index in [2.05, 4.69) is 24.3 Å². The molecule has 0 aliphatic rings. The van der Waals surface area contributed by atoms with E-state index in [1.165, 1.54) is 11.1 Å². The van der Waals surface area contributed by atoms with Crippen LogP contribution in [0.3, 0.4) is 0 Å². The van der Waals surface area contributed by atoms with Crippen LogP contribution < -0.4 is 0 Å². The van der Waals surface area contributed by atoms with Gasteiger partial charge in [-0.15, -0.1) is 0 Å². The van der Waals surface area contributed by atoms with Crippen molar-refractivity contribution in [2.24, 2.45) is 0 Å². The molecule has 0 bridgehead atoms. The average molecular weight is 251 g/mol. The Balaban J connectivity index is 2.03. The minimum Gasteiger partial charge on any atom is -0.0827 e. The van der Waals surface area contributed by atoms with Crippen LogP contribution in [0, 0.1) is 0 Å². The molecule has 2 aromatic carbocycles. The molecule has 16 heavy (non-hydrogen) atoms. The molecule has 0 nitrogen and oxygen atoms in total. The molecule has 0 radical (unpaired) electrons. The number of rotatable bonds is 3.